The molecule has 1 aliphatic rings. The highest BCUT2D eigenvalue weighted by molar-refractivity contribution is 5.49. The van der Waals surface area contributed by atoms with Crippen LogP contribution >= 0.6 is 0 Å². The lowest BCUT2D eigenvalue weighted by Gasteiger charge is -2.25. The molecule has 1 aliphatic heterocycles. The van der Waals surface area contributed by atoms with Gasteiger partial charge in [0.1, 0.15) is 11.6 Å². The second kappa shape index (κ2) is 6.05. The van der Waals surface area contributed by atoms with Crippen LogP contribution in [0.15, 0.2) is 6.07 Å². The zero-order chi connectivity index (χ0) is 15.5. The van der Waals surface area contributed by atoms with E-state index in [9.17, 15) is 13.2 Å². The van der Waals surface area contributed by atoms with E-state index in [1.165, 1.54) is 6.07 Å². The summed E-state index contributed by atoms with van der Waals surface area (Å²) in [5.74, 6) is -0.818. The average molecular weight is 304 g/mol. The maximum Gasteiger partial charge on any atom is 0.451 e. The molecule has 0 amide bonds. The first-order chi connectivity index (χ1) is 9.82. The molecule has 118 valence electrons. The van der Waals surface area contributed by atoms with Crippen molar-refractivity contribution in [1.82, 2.24) is 9.97 Å². The number of nitrogens with zero attached hydrogens (tertiary/aromatic N) is 2. The molecule has 1 aromatic rings. The Morgan fingerprint density at radius 1 is 1.33 bits per heavy atom. The van der Waals surface area contributed by atoms with Gasteiger partial charge < -0.3 is 15.4 Å². The number of rotatable bonds is 5. The first-order valence-corrected chi connectivity index (χ1v) is 6.88. The predicted octanol–water partition coefficient (Wildman–Crippen LogP) is 2.91. The summed E-state index contributed by atoms with van der Waals surface area (Å²) in [4.78, 5) is 7.10. The topological polar surface area (TPSA) is 59.1 Å². The van der Waals surface area contributed by atoms with Crippen LogP contribution in [0.1, 0.15) is 32.5 Å². The number of nitrogens with one attached hydrogen (secondary N) is 2. The Bertz CT molecular complexity index is 487. The maximum atomic E-state index is 12.9. The molecule has 2 heterocycles. The van der Waals surface area contributed by atoms with Crippen LogP contribution in [-0.4, -0.2) is 35.3 Å². The van der Waals surface area contributed by atoms with Gasteiger partial charge in [0, 0.05) is 19.2 Å². The molecular formula is C13H19F3N4O. The van der Waals surface area contributed by atoms with Crippen molar-refractivity contribution in [2.24, 2.45) is 0 Å². The van der Waals surface area contributed by atoms with E-state index in [0.29, 0.717) is 19.8 Å². The summed E-state index contributed by atoms with van der Waals surface area (Å²) in [6, 6.07) is 1.49. The molecule has 5 nitrogen and oxygen atoms in total. The number of hydrogen-bond acceptors (Lipinski definition) is 5. The molecule has 0 bridgehead atoms. The minimum Gasteiger partial charge on any atom is -0.379 e. The van der Waals surface area contributed by atoms with E-state index in [4.69, 9.17) is 4.74 Å². The van der Waals surface area contributed by atoms with Gasteiger partial charge in [0.15, 0.2) is 0 Å². The number of ether oxygens (including phenoxy) is 1. The van der Waals surface area contributed by atoms with Crippen LogP contribution in [0.25, 0.3) is 0 Å². The van der Waals surface area contributed by atoms with Gasteiger partial charge in [-0.25, -0.2) is 9.97 Å². The standard InChI is InChI=1S/C13H19F3N4O/c1-3-5-17-9-7-10(19-11(18-9)13(14,15)16)20-12(2)4-6-21-8-12/h7H,3-6,8H2,1-2H3,(H2,17,18,19,20). The van der Waals surface area contributed by atoms with Gasteiger partial charge in [-0.05, 0) is 19.8 Å². The Morgan fingerprint density at radius 3 is 2.62 bits per heavy atom. The fourth-order valence-corrected chi connectivity index (χ4v) is 2.06. The third-order valence-corrected chi connectivity index (χ3v) is 3.18. The van der Waals surface area contributed by atoms with Gasteiger partial charge in [0.25, 0.3) is 0 Å². The van der Waals surface area contributed by atoms with Crippen molar-refractivity contribution in [3.63, 3.8) is 0 Å². The molecule has 1 unspecified atom stereocenters. The molecule has 2 rings (SSSR count). The largest absolute Gasteiger partial charge is 0.451 e. The normalized spacial score (nSPS) is 22.3. The van der Waals surface area contributed by atoms with Crippen LogP contribution < -0.4 is 10.6 Å². The lowest BCUT2D eigenvalue weighted by Crippen LogP contribution is -2.35. The van der Waals surface area contributed by atoms with E-state index in [0.717, 1.165) is 12.8 Å². The van der Waals surface area contributed by atoms with E-state index < -0.39 is 17.5 Å². The second-order valence-electron chi connectivity index (χ2n) is 5.37. The van der Waals surface area contributed by atoms with Crippen molar-refractivity contribution >= 4 is 11.6 Å². The van der Waals surface area contributed by atoms with Crippen LogP contribution in [0, 0.1) is 0 Å². The summed E-state index contributed by atoms with van der Waals surface area (Å²) in [5, 5.41) is 5.89. The predicted molar refractivity (Wildman–Crippen MR) is 73.3 cm³/mol. The number of hydrogen-bond donors (Lipinski definition) is 2. The molecule has 2 N–H and O–H groups in total. The van der Waals surface area contributed by atoms with E-state index in [1.54, 1.807) is 0 Å². The molecule has 0 aromatic carbocycles. The Hall–Kier alpha value is -1.57. The van der Waals surface area contributed by atoms with Crippen molar-refractivity contribution in [2.45, 2.75) is 38.4 Å². The SMILES string of the molecule is CCCNc1cc(NC2(C)CCOC2)nc(C(F)(F)F)n1. The van der Waals surface area contributed by atoms with Crippen molar-refractivity contribution in [1.29, 1.82) is 0 Å². The van der Waals surface area contributed by atoms with Crippen molar-refractivity contribution in [3.8, 4) is 0 Å². The summed E-state index contributed by atoms with van der Waals surface area (Å²) >= 11 is 0. The first-order valence-electron chi connectivity index (χ1n) is 6.88. The summed E-state index contributed by atoms with van der Waals surface area (Å²) in [6.07, 6.45) is -3.07. The van der Waals surface area contributed by atoms with Crippen LogP contribution in [0.5, 0.6) is 0 Å². The fraction of sp³-hybridized carbons (Fsp3) is 0.692. The molecule has 0 saturated carbocycles. The molecule has 8 heteroatoms. The molecular weight excluding hydrogens is 285 g/mol. The summed E-state index contributed by atoms with van der Waals surface area (Å²) in [7, 11) is 0. The molecule has 1 fully saturated rings. The average Bonchev–Trinajstić information content (AvgIpc) is 2.81. The molecule has 1 saturated heterocycles. The zero-order valence-corrected chi connectivity index (χ0v) is 12.0. The zero-order valence-electron chi connectivity index (χ0n) is 12.0. The van der Waals surface area contributed by atoms with E-state index in [1.807, 2.05) is 13.8 Å². The highest BCUT2D eigenvalue weighted by Gasteiger charge is 2.36. The minimum absolute atomic E-state index is 0.156. The van der Waals surface area contributed by atoms with Gasteiger partial charge in [0.2, 0.25) is 5.82 Å². The summed E-state index contributed by atoms with van der Waals surface area (Å²) < 4.78 is 43.9. The third kappa shape index (κ3) is 4.20. The van der Waals surface area contributed by atoms with Gasteiger partial charge in [-0.1, -0.05) is 6.92 Å². The summed E-state index contributed by atoms with van der Waals surface area (Å²) in [5.41, 5.74) is -0.404. The number of halogens is 3. The van der Waals surface area contributed by atoms with Gasteiger partial charge in [0.05, 0.1) is 12.1 Å². The van der Waals surface area contributed by atoms with Crippen molar-refractivity contribution in [3.05, 3.63) is 11.9 Å². The molecule has 0 spiro atoms. The smallest absolute Gasteiger partial charge is 0.379 e. The van der Waals surface area contributed by atoms with Crippen LogP contribution in [-0.2, 0) is 10.9 Å². The molecule has 1 aromatic heterocycles. The molecule has 0 aliphatic carbocycles. The van der Waals surface area contributed by atoms with Crippen molar-refractivity contribution in [2.75, 3.05) is 30.4 Å². The third-order valence-electron chi connectivity index (χ3n) is 3.18. The second-order valence-corrected chi connectivity index (χ2v) is 5.37. The van der Waals surface area contributed by atoms with Gasteiger partial charge in [-0.3, -0.25) is 0 Å². The Morgan fingerprint density at radius 2 is 2.05 bits per heavy atom. The fourth-order valence-electron chi connectivity index (χ4n) is 2.06. The number of anilines is 2. The minimum atomic E-state index is -4.58. The van der Waals surface area contributed by atoms with Crippen LogP contribution in [0.2, 0.25) is 0 Å². The summed E-state index contributed by atoms with van der Waals surface area (Å²) in [6.45, 7) is 5.40. The van der Waals surface area contributed by atoms with Gasteiger partial charge in [-0.2, -0.15) is 13.2 Å². The first kappa shape index (κ1) is 15.8. The van der Waals surface area contributed by atoms with Gasteiger partial charge >= 0.3 is 6.18 Å². The monoisotopic (exact) mass is 304 g/mol. The highest BCUT2D eigenvalue weighted by atomic mass is 19.4. The van der Waals surface area contributed by atoms with Crippen LogP contribution in [0.4, 0.5) is 24.8 Å². The highest BCUT2D eigenvalue weighted by Crippen LogP contribution is 2.30. The lowest BCUT2D eigenvalue weighted by molar-refractivity contribution is -0.144. The molecule has 21 heavy (non-hydrogen) atoms. The lowest BCUT2D eigenvalue weighted by atomic mass is 10.0. The van der Waals surface area contributed by atoms with Crippen molar-refractivity contribution < 1.29 is 17.9 Å². The van der Waals surface area contributed by atoms with Crippen LogP contribution in [0.3, 0.4) is 0 Å². The quantitative estimate of drug-likeness (QED) is 0.876. The van der Waals surface area contributed by atoms with E-state index in [-0.39, 0.29) is 11.6 Å². The molecule has 0 radical (unpaired) electrons. The number of alkyl halides is 3. The molecule has 1 atom stereocenters. The Labute approximate surface area is 121 Å². The van der Waals surface area contributed by atoms with Gasteiger partial charge in [-0.15, -0.1) is 0 Å². The Kier molecular flexibility index (Phi) is 4.55. The van der Waals surface area contributed by atoms with E-state index >= 15 is 0 Å². The maximum absolute atomic E-state index is 12.9. The Balaban J connectivity index is 2.26. The van der Waals surface area contributed by atoms with E-state index in [2.05, 4.69) is 20.6 Å². The number of aromatic nitrogens is 2.